The summed E-state index contributed by atoms with van der Waals surface area (Å²) in [5.74, 6) is -0.387. The molecule has 1 amide bonds. The van der Waals surface area contributed by atoms with Gasteiger partial charge in [-0.2, -0.15) is 0 Å². The lowest BCUT2D eigenvalue weighted by Gasteiger charge is -2.06. The second-order valence-electron chi connectivity index (χ2n) is 4.00. The van der Waals surface area contributed by atoms with Crippen LogP contribution in [-0.4, -0.2) is 10.8 Å². The van der Waals surface area contributed by atoms with E-state index in [2.05, 4.69) is 5.32 Å². The van der Waals surface area contributed by atoms with Gasteiger partial charge in [0, 0.05) is 23.0 Å². The molecule has 0 aliphatic carbocycles. The fourth-order valence-corrected chi connectivity index (χ4v) is 1.75. The highest BCUT2D eigenvalue weighted by Crippen LogP contribution is 2.27. The molecule has 0 saturated carbocycles. The summed E-state index contributed by atoms with van der Waals surface area (Å²) in [5.41, 5.74) is 6.50. The van der Waals surface area contributed by atoms with Gasteiger partial charge < -0.3 is 11.1 Å². The Labute approximate surface area is 119 Å². The Hall–Kier alpha value is -2.60. The fourth-order valence-electron chi connectivity index (χ4n) is 1.57. The highest BCUT2D eigenvalue weighted by Gasteiger charge is 2.14. The molecule has 2 rings (SSSR count). The molecule has 0 aromatic heterocycles. The Balaban J connectivity index is 2.21. The molecule has 0 unspecified atom stereocenters. The number of nitrogen functional groups attached to an aromatic ring is 1. The van der Waals surface area contributed by atoms with Crippen LogP contribution in [0.4, 0.5) is 17.1 Å². The summed E-state index contributed by atoms with van der Waals surface area (Å²) in [6.07, 6.45) is 0. The fraction of sp³-hybridized carbons (Fsp3) is 0. The standard InChI is InChI=1S/C13H10ClN3O3/c14-11-6-5-10(7-12(11)17(19)20)16-13(18)8-1-3-9(15)4-2-8/h1-7H,15H2,(H,16,18). The van der Waals surface area contributed by atoms with Crippen LogP contribution in [0.2, 0.25) is 5.02 Å². The van der Waals surface area contributed by atoms with Crippen LogP contribution in [0.15, 0.2) is 42.5 Å². The average molecular weight is 292 g/mol. The van der Waals surface area contributed by atoms with Crippen LogP contribution in [0, 0.1) is 10.1 Å². The number of nitrogens with two attached hydrogens (primary N) is 1. The summed E-state index contributed by atoms with van der Waals surface area (Å²) < 4.78 is 0. The summed E-state index contributed by atoms with van der Waals surface area (Å²) in [5, 5.41) is 13.3. The van der Waals surface area contributed by atoms with Crippen molar-refractivity contribution in [2.45, 2.75) is 0 Å². The largest absolute Gasteiger partial charge is 0.399 e. The number of nitrogens with zero attached hydrogens (tertiary/aromatic N) is 1. The van der Waals surface area contributed by atoms with Crippen molar-refractivity contribution < 1.29 is 9.72 Å². The highest BCUT2D eigenvalue weighted by atomic mass is 35.5. The second kappa shape index (κ2) is 5.58. The lowest BCUT2D eigenvalue weighted by Crippen LogP contribution is -2.12. The van der Waals surface area contributed by atoms with Crippen molar-refractivity contribution in [1.82, 2.24) is 0 Å². The Kier molecular flexibility index (Phi) is 3.86. The second-order valence-corrected chi connectivity index (χ2v) is 4.41. The van der Waals surface area contributed by atoms with Crippen LogP contribution in [0.3, 0.4) is 0 Å². The summed E-state index contributed by atoms with van der Waals surface area (Å²) in [6.45, 7) is 0. The zero-order valence-corrected chi connectivity index (χ0v) is 10.9. The number of carbonyl (C=O) groups is 1. The molecular formula is C13H10ClN3O3. The summed E-state index contributed by atoms with van der Waals surface area (Å²) >= 11 is 5.69. The van der Waals surface area contributed by atoms with E-state index < -0.39 is 4.92 Å². The number of benzene rings is 2. The number of nitro benzene ring substituents is 1. The predicted molar refractivity (Wildman–Crippen MR) is 76.9 cm³/mol. The van der Waals surface area contributed by atoms with Gasteiger partial charge in [-0.25, -0.2) is 0 Å². The molecule has 0 heterocycles. The number of anilines is 2. The van der Waals surface area contributed by atoms with Crippen molar-refractivity contribution in [1.29, 1.82) is 0 Å². The number of carbonyl (C=O) groups excluding carboxylic acids is 1. The number of hydrogen-bond acceptors (Lipinski definition) is 4. The Bertz CT molecular complexity index is 671. The van der Waals surface area contributed by atoms with E-state index in [4.69, 9.17) is 17.3 Å². The van der Waals surface area contributed by atoms with Gasteiger partial charge in [0.15, 0.2) is 0 Å². The van der Waals surface area contributed by atoms with E-state index in [1.165, 1.54) is 18.2 Å². The van der Waals surface area contributed by atoms with Crippen LogP contribution in [0.1, 0.15) is 10.4 Å². The maximum Gasteiger partial charge on any atom is 0.289 e. The topological polar surface area (TPSA) is 98.3 Å². The molecule has 0 saturated heterocycles. The first-order valence-corrected chi connectivity index (χ1v) is 5.96. The molecule has 20 heavy (non-hydrogen) atoms. The zero-order valence-electron chi connectivity index (χ0n) is 10.2. The number of nitrogens with one attached hydrogen (secondary N) is 1. The van der Waals surface area contributed by atoms with E-state index in [0.29, 0.717) is 16.9 Å². The lowest BCUT2D eigenvalue weighted by molar-refractivity contribution is -0.384. The minimum absolute atomic E-state index is 0.0143. The van der Waals surface area contributed by atoms with Crippen LogP contribution in [0.5, 0.6) is 0 Å². The first-order valence-electron chi connectivity index (χ1n) is 5.58. The SMILES string of the molecule is Nc1ccc(C(=O)Nc2ccc(Cl)c([N+](=O)[O-])c2)cc1. The minimum Gasteiger partial charge on any atom is -0.399 e. The van der Waals surface area contributed by atoms with Gasteiger partial charge in [-0.05, 0) is 36.4 Å². The third-order valence-electron chi connectivity index (χ3n) is 2.57. The Morgan fingerprint density at radius 2 is 1.85 bits per heavy atom. The number of rotatable bonds is 3. The van der Waals surface area contributed by atoms with Crippen molar-refractivity contribution in [3.63, 3.8) is 0 Å². The van der Waals surface area contributed by atoms with Crippen molar-refractivity contribution in [3.05, 3.63) is 63.2 Å². The lowest BCUT2D eigenvalue weighted by atomic mass is 10.2. The van der Waals surface area contributed by atoms with E-state index in [9.17, 15) is 14.9 Å². The van der Waals surface area contributed by atoms with Gasteiger partial charge in [-0.3, -0.25) is 14.9 Å². The molecule has 7 heteroatoms. The molecule has 2 aromatic rings. The first kappa shape index (κ1) is 13.8. The Morgan fingerprint density at radius 1 is 1.20 bits per heavy atom. The van der Waals surface area contributed by atoms with E-state index in [1.807, 2.05) is 0 Å². The van der Waals surface area contributed by atoms with E-state index in [1.54, 1.807) is 24.3 Å². The molecule has 0 aliphatic rings. The van der Waals surface area contributed by atoms with Crippen LogP contribution in [0.25, 0.3) is 0 Å². The van der Waals surface area contributed by atoms with Gasteiger partial charge in [-0.15, -0.1) is 0 Å². The predicted octanol–water partition coefficient (Wildman–Crippen LogP) is 3.08. The molecule has 102 valence electrons. The quantitative estimate of drug-likeness (QED) is 0.516. The maximum absolute atomic E-state index is 11.9. The molecule has 0 aliphatic heterocycles. The molecule has 0 spiro atoms. The van der Waals surface area contributed by atoms with Crippen molar-refractivity contribution in [2.75, 3.05) is 11.1 Å². The molecule has 2 aromatic carbocycles. The maximum atomic E-state index is 11.9. The smallest absolute Gasteiger partial charge is 0.289 e. The monoisotopic (exact) mass is 291 g/mol. The van der Waals surface area contributed by atoms with Gasteiger partial charge in [0.2, 0.25) is 0 Å². The third kappa shape index (κ3) is 3.04. The highest BCUT2D eigenvalue weighted by molar-refractivity contribution is 6.32. The van der Waals surface area contributed by atoms with Gasteiger partial charge in [0.05, 0.1) is 4.92 Å². The molecule has 0 atom stereocenters. The van der Waals surface area contributed by atoms with Crippen LogP contribution < -0.4 is 11.1 Å². The number of halogens is 1. The number of hydrogen-bond donors (Lipinski definition) is 2. The minimum atomic E-state index is -0.610. The first-order chi connectivity index (χ1) is 9.47. The molecule has 0 radical (unpaired) electrons. The summed E-state index contributed by atoms with van der Waals surface area (Å²) in [6, 6.07) is 10.4. The third-order valence-corrected chi connectivity index (χ3v) is 2.89. The normalized spacial score (nSPS) is 10.1. The molecule has 0 bridgehead atoms. The molecule has 3 N–H and O–H groups in total. The van der Waals surface area contributed by atoms with E-state index in [0.717, 1.165) is 0 Å². The number of amides is 1. The van der Waals surface area contributed by atoms with Crippen LogP contribution in [-0.2, 0) is 0 Å². The zero-order chi connectivity index (χ0) is 14.7. The van der Waals surface area contributed by atoms with Gasteiger partial charge in [0.1, 0.15) is 5.02 Å². The van der Waals surface area contributed by atoms with Gasteiger partial charge >= 0.3 is 0 Å². The van der Waals surface area contributed by atoms with E-state index >= 15 is 0 Å². The van der Waals surface area contributed by atoms with Crippen molar-refractivity contribution >= 4 is 34.6 Å². The van der Waals surface area contributed by atoms with Gasteiger partial charge in [-0.1, -0.05) is 11.6 Å². The van der Waals surface area contributed by atoms with E-state index in [-0.39, 0.29) is 16.6 Å². The van der Waals surface area contributed by atoms with Crippen LogP contribution >= 0.6 is 11.6 Å². The van der Waals surface area contributed by atoms with Crippen molar-refractivity contribution in [2.24, 2.45) is 0 Å². The summed E-state index contributed by atoms with van der Waals surface area (Å²) in [4.78, 5) is 22.1. The Morgan fingerprint density at radius 3 is 2.45 bits per heavy atom. The molecular weight excluding hydrogens is 282 g/mol. The average Bonchev–Trinajstić information content (AvgIpc) is 2.41. The summed E-state index contributed by atoms with van der Waals surface area (Å²) in [7, 11) is 0. The number of nitro groups is 1. The molecule has 6 nitrogen and oxygen atoms in total. The van der Waals surface area contributed by atoms with Gasteiger partial charge in [0.25, 0.3) is 11.6 Å². The van der Waals surface area contributed by atoms with Crippen molar-refractivity contribution in [3.8, 4) is 0 Å². The molecule has 0 fully saturated rings.